The summed E-state index contributed by atoms with van der Waals surface area (Å²) in [5, 5.41) is 1.12. The summed E-state index contributed by atoms with van der Waals surface area (Å²) in [4.78, 5) is 12.7. The van der Waals surface area contributed by atoms with E-state index in [0.29, 0.717) is 17.1 Å². The number of rotatable bonds is 7. The fourth-order valence-electron chi connectivity index (χ4n) is 3.57. The van der Waals surface area contributed by atoms with Crippen LogP contribution in [0.5, 0.6) is 11.5 Å². The molecule has 4 nitrogen and oxygen atoms in total. The number of hydrogen-bond acceptors (Lipinski definition) is 3. The largest absolute Gasteiger partial charge is 0.493 e. The molecule has 0 aliphatic rings. The van der Waals surface area contributed by atoms with E-state index < -0.39 is 0 Å². The number of fused-ring (bicyclic) bond motifs is 1. The number of nitrogens with zero attached hydrogens (tertiary/aromatic N) is 1. The molecule has 0 aliphatic heterocycles. The molecule has 0 fully saturated rings. The lowest BCUT2D eigenvalue weighted by molar-refractivity contribution is 0.104. The molecule has 1 heterocycles. The Bertz CT molecular complexity index is 1210. The highest BCUT2D eigenvalue weighted by molar-refractivity contribution is 6.08. The summed E-state index contributed by atoms with van der Waals surface area (Å²) >= 11 is 0. The fraction of sp³-hybridized carbons (Fsp3) is 0.115. The van der Waals surface area contributed by atoms with Gasteiger partial charge in [-0.3, -0.25) is 4.79 Å². The molecule has 0 radical (unpaired) electrons. The van der Waals surface area contributed by atoms with Gasteiger partial charge in [0.1, 0.15) is 0 Å². The van der Waals surface area contributed by atoms with Crippen LogP contribution in [0.2, 0.25) is 0 Å². The Balaban J connectivity index is 1.64. The SMILES string of the molecule is COc1ccc(C(=O)/C=C/c2cn(Cc3ccccc3)c3ccccc23)cc1OC. The number of carbonyl (C=O) groups is 1. The number of hydrogen-bond donors (Lipinski definition) is 0. The molecule has 0 aliphatic carbocycles. The summed E-state index contributed by atoms with van der Waals surface area (Å²) in [6.45, 7) is 0.777. The molecule has 4 heteroatoms. The van der Waals surface area contributed by atoms with Crippen LogP contribution in [-0.2, 0) is 6.54 Å². The number of allylic oxidation sites excluding steroid dienone is 1. The van der Waals surface area contributed by atoms with Gasteiger partial charge in [-0.1, -0.05) is 48.5 Å². The molecule has 0 unspecified atom stereocenters. The second-order valence-corrected chi connectivity index (χ2v) is 6.98. The summed E-state index contributed by atoms with van der Waals surface area (Å²) in [5.74, 6) is 1.05. The zero-order chi connectivity index (χ0) is 20.9. The molecule has 1 aromatic heterocycles. The maximum Gasteiger partial charge on any atom is 0.185 e. The van der Waals surface area contributed by atoms with E-state index in [1.165, 1.54) is 5.56 Å². The Morgan fingerprint density at radius 2 is 1.63 bits per heavy atom. The van der Waals surface area contributed by atoms with Crippen molar-refractivity contribution in [3.05, 3.63) is 102 Å². The lowest BCUT2D eigenvalue weighted by Gasteiger charge is -2.07. The third kappa shape index (κ3) is 3.98. The van der Waals surface area contributed by atoms with Crippen LogP contribution in [0.3, 0.4) is 0 Å². The normalized spacial score (nSPS) is 11.1. The predicted molar refractivity (Wildman–Crippen MR) is 120 cm³/mol. The predicted octanol–water partition coefficient (Wildman–Crippen LogP) is 5.60. The van der Waals surface area contributed by atoms with Gasteiger partial charge in [-0.25, -0.2) is 0 Å². The average Bonchev–Trinajstić information content (AvgIpc) is 3.15. The van der Waals surface area contributed by atoms with E-state index in [-0.39, 0.29) is 5.78 Å². The average molecular weight is 397 g/mol. The van der Waals surface area contributed by atoms with Crippen LogP contribution < -0.4 is 9.47 Å². The number of para-hydroxylation sites is 1. The zero-order valence-electron chi connectivity index (χ0n) is 17.0. The van der Waals surface area contributed by atoms with Crippen molar-refractivity contribution in [3.63, 3.8) is 0 Å². The van der Waals surface area contributed by atoms with Gasteiger partial charge in [-0.2, -0.15) is 0 Å². The third-order valence-corrected chi connectivity index (χ3v) is 5.10. The monoisotopic (exact) mass is 397 g/mol. The minimum Gasteiger partial charge on any atom is -0.493 e. The Morgan fingerprint density at radius 3 is 2.40 bits per heavy atom. The van der Waals surface area contributed by atoms with Crippen LogP contribution in [0.25, 0.3) is 17.0 Å². The van der Waals surface area contributed by atoms with Crippen LogP contribution in [0.4, 0.5) is 0 Å². The van der Waals surface area contributed by atoms with E-state index in [4.69, 9.17) is 9.47 Å². The van der Waals surface area contributed by atoms with Gasteiger partial charge in [-0.15, -0.1) is 0 Å². The number of methoxy groups -OCH3 is 2. The minimum atomic E-state index is -0.0872. The number of ketones is 1. The molecule has 0 saturated heterocycles. The number of aromatic nitrogens is 1. The Labute approximate surface area is 176 Å². The van der Waals surface area contributed by atoms with Crippen molar-refractivity contribution >= 4 is 22.8 Å². The van der Waals surface area contributed by atoms with E-state index in [2.05, 4.69) is 35.0 Å². The number of benzene rings is 3. The molecule has 0 atom stereocenters. The Morgan fingerprint density at radius 1 is 0.900 bits per heavy atom. The highest BCUT2D eigenvalue weighted by Gasteiger charge is 2.10. The standard InChI is InChI=1S/C26H23NO3/c1-29-25-15-13-20(16-26(25)30-2)24(28)14-12-21-18-27(17-19-8-4-3-5-9-19)23-11-7-6-10-22(21)23/h3-16,18H,17H2,1-2H3/b14-12+. The first-order valence-electron chi connectivity index (χ1n) is 9.76. The highest BCUT2D eigenvalue weighted by atomic mass is 16.5. The van der Waals surface area contributed by atoms with Gasteiger partial charge in [0.2, 0.25) is 0 Å². The van der Waals surface area contributed by atoms with Crippen LogP contribution in [0.1, 0.15) is 21.5 Å². The highest BCUT2D eigenvalue weighted by Crippen LogP contribution is 2.28. The van der Waals surface area contributed by atoms with Gasteiger partial charge >= 0.3 is 0 Å². The summed E-state index contributed by atoms with van der Waals surface area (Å²) < 4.78 is 12.8. The quantitative estimate of drug-likeness (QED) is 0.301. The summed E-state index contributed by atoms with van der Waals surface area (Å²) in [7, 11) is 3.13. The van der Waals surface area contributed by atoms with Crippen LogP contribution in [-0.4, -0.2) is 24.6 Å². The van der Waals surface area contributed by atoms with Gasteiger partial charge in [0.15, 0.2) is 17.3 Å². The van der Waals surface area contributed by atoms with Crippen LogP contribution in [0, 0.1) is 0 Å². The molecule has 4 rings (SSSR count). The van der Waals surface area contributed by atoms with Crippen molar-refractivity contribution in [1.29, 1.82) is 0 Å². The smallest absolute Gasteiger partial charge is 0.185 e. The van der Waals surface area contributed by atoms with E-state index in [1.54, 1.807) is 38.5 Å². The molecule has 0 N–H and O–H groups in total. The lowest BCUT2D eigenvalue weighted by Crippen LogP contribution is -1.97. The van der Waals surface area contributed by atoms with E-state index in [1.807, 2.05) is 36.4 Å². The maximum atomic E-state index is 12.7. The molecule has 0 bridgehead atoms. The van der Waals surface area contributed by atoms with Crippen LogP contribution >= 0.6 is 0 Å². The molecular weight excluding hydrogens is 374 g/mol. The molecule has 4 aromatic rings. The van der Waals surface area contributed by atoms with Gasteiger partial charge in [0.25, 0.3) is 0 Å². The third-order valence-electron chi connectivity index (χ3n) is 5.10. The second kappa shape index (κ2) is 8.70. The number of ether oxygens (including phenoxy) is 2. The Hall–Kier alpha value is -3.79. The fourth-order valence-corrected chi connectivity index (χ4v) is 3.57. The van der Waals surface area contributed by atoms with Crippen molar-refractivity contribution < 1.29 is 14.3 Å². The first-order chi connectivity index (χ1) is 14.7. The van der Waals surface area contributed by atoms with Crippen molar-refractivity contribution in [2.45, 2.75) is 6.54 Å². The number of carbonyl (C=O) groups excluding carboxylic acids is 1. The maximum absolute atomic E-state index is 12.7. The van der Waals surface area contributed by atoms with E-state index in [0.717, 1.165) is 23.0 Å². The van der Waals surface area contributed by atoms with Gasteiger partial charge < -0.3 is 14.0 Å². The van der Waals surface area contributed by atoms with Crippen LogP contribution in [0.15, 0.2) is 85.1 Å². The first kappa shape index (κ1) is 19.5. The van der Waals surface area contributed by atoms with Gasteiger partial charge in [0.05, 0.1) is 14.2 Å². The van der Waals surface area contributed by atoms with Crippen molar-refractivity contribution in [3.8, 4) is 11.5 Å². The lowest BCUT2D eigenvalue weighted by atomic mass is 10.1. The zero-order valence-corrected chi connectivity index (χ0v) is 17.0. The summed E-state index contributed by atoms with van der Waals surface area (Å²) in [5.41, 5.74) is 3.93. The molecule has 0 amide bonds. The first-order valence-corrected chi connectivity index (χ1v) is 9.76. The second-order valence-electron chi connectivity index (χ2n) is 6.98. The molecule has 0 spiro atoms. The Kier molecular flexibility index (Phi) is 5.66. The molecule has 3 aromatic carbocycles. The minimum absolute atomic E-state index is 0.0872. The van der Waals surface area contributed by atoms with Gasteiger partial charge in [-0.05, 0) is 42.0 Å². The van der Waals surface area contributed by atoms with Crippen molar-refractivity contribution in [2.24, 2.45) is 0 Å². The topological polar surface area (TPSA) is 40.5 Å². The van der Waals surface area contributed by atoms with Crippen molar-refractivity contribution in [2.75, 3.05) is 14.2 Å². The molecule has 30 heavy (non-hydrogen) atoms. The molecule has 0 saturated carbocycles. The van der Waals surface area contributed by atoms with Crippen molar-refractivity contribution in [1.82, 2.24) is 4.57 Å². The molecule has 150 valence electrons. The van der Waals surface area contributed by atoms with Gasteiger partial charge in [0, 0.05) is 34.8 Å². The molecular formula is C26H23NO3. The van der Waals surface area contributed by atoms with E-state index in [9.17, 15) is 4.79 Å². The summed E-state index contributed by atoms with van der Waals surface area (Å²) in [6, 6.07) is 23.8. The van der Waals surface area contributed by atoms with E-state index >= 15 is 0 Å². The summed E-state index contributed by atoms with van der Waals surface area (Å²) in [6.07, 6.45) is 5.58.